The molecule has 2 heterocycles. The van der Waals surface area contributed by atoms with Crippen molar-refractivity contribution in [2.45, 2.75) is 38.6 Å². The number of allylic oxidation sites excluding steroid dienone is 1. The van der Waals surface area contributed by atoms with E-state index in [1.165, 1.54) is 23.1 Å². The fourth-order valence-electron chi connectivity index (χ4n) is 3.93. The number of carbonyl (C=O) groups excluding carboxylic acids is 2. The summed E-state index contributed by atoms with van der Waals surface area (Å²) in [6, 6.07) is 15.1. The lowest BCUT2D eigenvalue weighted by atomic mass is 10.0. The number of thioether (sulfide) groups is 1. The Morgan fingerprint density at radius 1 is 1.23 bits per heavy atom. The van der Waals surface area contributed by atoms with Crippen molar-refractivity contribution in [3.8, 4) is 16.9 Å². The van der Waals surface area contributed by atoms with Crippen LogP contribution < -0.4 is 10.1 Å². The number of ether oxygens (including phenoxy) is 2. The highest BCUT2D eigenvalue weighted by atomic mass is 35.5. The van der Waals surface area contributed by atoms with Crippen molar-refractivity contribution < 1.29 is 19.1 Å². The second kappa shape index (κ2) is 13.6. The molecular weight excluding hydrogens is 568 g/mol. The molecule has 11 heteroatoms. The molecule has 2 aromatic heterocycles. The van der Waals surface area contributed by atoms with Gasteiger partial charge < -0.3 is 14.8 Å². The summed E-state index contributed by atoms with van der Waals surface area (Å²) >= 11 is 8.82. The van der Waals surface area contributed by atoms with E-state index in [0.29, 0.717) is 44.4 Å². The van der Waals surface area contributed by atoms with Gasteiger partial charge in [0.1, 0.15) is 16.3 Å². The van der Waals surface area contributed by atoms with Gasteiger partial charge in [0.15, 0.2) is 17.1 Å². The number of esters is 1. The van der Waals surface area contributed by atoms with Gasteiger partial charge in [0.25, 0.3) is 0 Å². The van der Waals surface area contributed by atoms with Crippen molar-refractivity contribution in [2.24, 2.45) is 0 Å². The van der Waals surface area contributed by atoms with Gasteiger partial charge in [-0.3, -0.25) is 9.36 Å². The fourth-order valence-corrected chi connectivity index (χ4v) is 5.82. The quantitative estimate of drug-likeness (QED) is 0.105. The van der Waals surface area contributed by atoms with Crippen LogP contribution in [-0.2, 0) is 16.1 Å². The molecule has 2 aromatic carbocycles. The summed E-state index contributed by atoms with van der Waals surface area (Å²) < 4.78 is 13.2. The number of aryl methyl sites for hydroxylation is 1. The highest BCUT2D eigenvalue weighted by molar-refractivity contribution is 7.99. The minimum absolute atomic E-state index is 0.0507. The van der Waals surface area contributed by atoms with E-state index < -0.39 is 12.1 Å². The highest BCUT2D eigenvalue weighted by Crippen LogP contribution is 2.36. The van der Waals surface area contributed by atoms with Crippen molar-refractivity contribution in [1.29, 1.82) is 0 Å². The average molecular weight is 597 g/mol. The standard InChI is InChI=1S/C29H29ClN4O4S2/c1-5-14-34-26(19(4)38-23-15-18(3)12-13-22(23)30)32-33-29(34)40-17-24(35)31-27-25(28(36)37-6-2)21(16-39-27)20-10-8-7-9-11-20/h5,7-13,15-16,19H,1,6,14,17H2,2-4H3,(H,31,35). The number of aromatic nitrogens is 3. The minimum atomic E-state index is -0.483. The molecule has 0 aliphatic carbocycles. The van der Waals surface area contributed by atoms with Crippen molar-refractivity contribution in [2.75, 3.05) is 17.7 Å². The summed E-state index contributed by atoms with van der Waals surface area (Å²) in [6.45, 7) is 10.1. The van der Waals surface area contributed by atoms with Gasteiger partial charge in [0.05, 0.1) is 17.4 Å². The molecule has 0 spiro atoms. The van der Waals surface area contributed by atoms with Crippen LogP contribution in [0.2, 0.25) is 5.02 Å². The van der Waals surface area contributed by atoms with Crippen LogP contribution in [0.1, 0.15) is 41.7 Å². The van der Waals surface area contributed by atoms with Crippen molar-refractivity contribution in [1.82, 2.24) is 14.8 Å². The lowest BCUT2D eigenvalue weighted by molar-refractivity contribution is -0.113. The number of benzene rings is 2. The van der Waals surface area contributed by atoms with Gasteiger partial charge in [-0.05, 0) is 44.0 Å². The summed E-state index contributed by atoms with van der Waals surface area (Å²) in [6.07, 6.45) is 1.27. The van der Waals surface area contributed by atoms with E-state index in [1.54, 1.807) is 19.1 Å². The number of halogens is 1. The average Bonchev–Trinajstić information content (AvgIpc) is 3.54. The van der Waals surface area contributed by atoms with E-state index in [0.717, 1.165) is 11.1 Å². The molecule has 0 fully saturated rings. The maximum Gasteiger partial charge on any atom is 0.341 e. The van der Waals surface area contributed by atoms with Crippen LogP contribution in [0.3, 0.4) is 0 Å². The Morgan fingerprint density at radius 2 is 2.00 bits per heavy atom. The third-order valence-electron chi connectivity index (χ3n) is 5.75. The molecule has 40 heavy (non-hydrogen) atoms. The molecule has 0 bridgehead atoms. The van der Waals surface area contributed by atoms with Crippen molar-refractivity contribution in [3.05, 3.63) is 88.5 Å². The van der Waals surface area contributed by atoms with Crippen LogP contribution in [0.15, 0.2) is 71.7 Å². The van der Waals surface area contributed by atoms with Gasteiger partial charge in [-0.15, -0.1) is 28.1 Å². The zero-order chi connectivity index (χ0) is 28.6. The zero-order valence-corrected chi connectivity index (χ0v) is 24.7. The second-order valence-electron chi connectivity index (χ2n) is 8.71. The van der Waals surface area contributed by atoms with E-state index >= 15 is 0 Å². The molecule has 1 N–H and O–H groups in total. The molecule has 4 rings (SSSR count). The maximum atomic E-state index is 13.0. The Kier molecular flexibility index (Phi) is 10.0. The number of nitrogens with zero attached hydrogens (tertiary/aromatic N) is 3. The Bertz CT molecular complexity index is 1500. The van der Waals surface area contributed by atoms with Gasteiger partial charge in [0, 0.05) is 17.5 Å². The number of nitrogens with one attached hydrogen (secondary N) is 1. The molecule has 0 aliphatic rings. The summed E-state index contributed by atoms with van der Waals surface area (Å²) in [5, 5.41) is 14.8. The SMILES string of the molecule is C=CCn1c(SCC(=O)Nc2scc(-c3ccccc3)c2C(=O)OCC)nnc1C(C)Oc1cc(C)ccc1Cl. The summed E-state index contributed by atoms with van der Waals surface area (Å²) in [5.74, 6) is 0.413. The maximum absolute atomic E-state index is 13.0. The Labute approximate surface area is 246 Å². The Morgan fingerprint density at radius 3 is 2.73 bits per heavy atom. The third kappa shape index (κ3) is 6.93. The molecule has 1 atom stereocenters. The number of carbonyl (C=O) groups is 2. The lowest BCUT2D eigenvalue weighted by Gasteiger charge is -2.17. The summed E-state index contributed by atoms with van der Waals surface area (Å²) in [5.41, 5.74) is 2.94. The van der Waals surface area contributed by atoms with Crippen molar-refractivity contribution >= 4 is 51.6 Å². The second-order valence-corrected chi connectivity index (χ2v) is 10.9. The molecule has 0 saturated heterocycles. The topological polar surface area (TPSA) is 95.3 Å². The molecule has 1 amide bonds. The summed E-state index contributed by atoms with van der Waals surface area (Å²) in [4.78, 5) is 25.8. The molecule has 4 aromatic rings. The normalized spacial score (nSPS) is 11.6. The molecule has 8 nitrogen and oxygen atoms in total. The molecule has 0 radical (unpaired) electrons. The van der Waals surface area contributed by atoms with E-state index in [-0.39, 0.29) is 18.3 Å². The van der Waals surface area contributed by atoms with E-state index in [2.05, 4.69) is 22.1 Å². The van der Waals surface area contributed by atoms with Crippen molar-refractivity contribution in [3.63, 3.8) is 0 Å². The third-order valence-corrected chi connectivity index (χ3v) is 7.93. The fraction of sp³-hybridized carbons (Fsp3) is 0.241. The molecular formula is C29H29ClN4O4S2. The first-order chi connectivity index (χ1) is 19.3. The Balaban J connectivity index is 1.49. The lowest BCUT2D eigenvalue weighted by Crippen LogP contribution is -2.17. The molecule has 208 valence electrons. The first kappa shape index (κ1) is 29.4. The molecule has 0 saturated carbocycles. The summed E-state index contributed by atoms with van der Waals surface area (Å²) in [7, 11) is 0. The number of amides is 1. The van der Waals surface area contributed by atoms with Gasteiger partial charge in [-0.2, -0.15) is 0 Å². The minimum Gasteiger partial charge on any atom is -0.481 e. The number of hydrogen-bond donors (Lipinski definition) is 1. The van der Waals surface area contributed by atoms with Gasteiger partial charge >= 0.3 is 5.97 Å². The number of hydrogen-bond acceptors (Lipinski definition) is 8. The van der Waals surface area contributed by atoms with Gasteiger partial charge in [0.2, 0.25) is 5.91 Å². The number of rotatable bonds is 12. The van der Waals surface area contributed by atoms with Crippen LogP contribution in [0.25, 0.3) is 11.1 Å². The predicted octanol–water partition coefficient (Wildman–Crippen LogP) is 7.20. The van der Waals surface area contributed by atoms with E-state index in [1.807, 2.05) is 66.3 Å². The largest absolute Gasteiger partial charge is 0.481 e. The smallest absolute Gasteiger partial charge is 0.341 e. The van der Waals surface area contributed by atoms with Crippen LogP contribution in [0.5, 0.6) is 5.75 Å². The first-order valence-electron chi connectivity index (χ1n) is 12.6. The number of anilines is 1. The van der Waals surface area contributed by atoms with Crippen LogP contribution in [-0.4, -0.2) is 39.0 Å². The predicted molar refractivity (Wildman–Crippen MR) is 161 cm³/mol. The highest BCUT2D eigenvalue weighted by Gasteiger charge is 2.24. The zero-order valence-electron chi connectivity index (χ0n) is 22.3. The Hall–Kier alpha value is -3.60. The first-order valence-corrected chi connectivity index (χ1v) is 14.8. The van der Waals surface area contributed by atoms with Gasteiger partial charge in [-0.1, -0.05) is 65.8 Å². The van der Waals surface area contributed by atoms with E-state index in [9.17, 15) is 9.59 Å². The van der Waals surface area contributed by atoms with E-state index in [4.69, 9.17) is 21.1 Å². The van der Waals surface area contributed by atoms with Crippen LogP contribution >= 0.6 is 34.7 Å². The van der Waals surface area contributed by atoms with Crippen LogP contribution in [0.4, 0.5) is 5.00 Å². The van der Waals surface area contributed by atoms with Crippen LogP contribution in [0, 0.1) is 6.92 Å². The molecule has 1 unspecified atom stereocenters. The number of thiophene rings is 1. The molecule has 0 aliphatic heterocycles. The monoisotopic (exact) mass is 596 g/mol. The van der Waals surface area contributed by atoms with Gasteiger partial charge in [-0.25, -0.2) is 4.79 Å².